The van der Waals surface area contributed by atoms with Gasteiger partial charge in [0, 0.05) is 33.5 Å². The maximum atomic E-state index is 12.6. The van der Waals surface area contributed by atoms with Crippen molar-refractivity contribution < 1.29 is 14.5 Å². The number of nitrogens with one attached hydrogen (secondary N) is 2. The third-order valence-electron chi connectivity index (χ3n) is 5.17. The molecule has 1 heterocycles. The predicted molar refractivity (Wildman–Crippen MR) is 144 cm³/mol. The van der Waals surface area contributed by atoms with Crippen molar-refractivity contribution in [2.45, 2.75) is 18.6 Å². The van der Waals surface area contributed by atoms with E-state index in [1.54, 1.807) is 4.57 Å². The molecule has 188 valence electrons. The topological polar surface area (TPSA) is 132 Å². The molecule has 2 amide bonds. The highest BCUT2D eigenvalue weighted by molar-refractivity contribution is 9.10. The third-order valence-corrected chi connectivity index (χ3v) is 6.62. The van der Waals surface area contributed by atoms with Crippen molar-refractivity contribution in [2.75, 3.05) is 11.1 Å². The molecular weight excluding hydrogens is 560 g/mol. The lowest BCUT2D eigenvalue weighted by Gasteiger charge is -2.11. The van der Waals surface area contributed by atoms with Crippen LogP contribution < -0.4 is 10.6 Å². The molecule has 37 heavy (non-hydrogen) atoms. The van der Waals surface area contributed by atoms with Gasteiger partial charge in [-0.3, -0.25) is 24.3 Å². The zero-order valence-electron chi connectivity index (χ0n) is 19.6. The Morgan fingerprint density at radius 1 is 1.05 bits per heavy atom. The number of carbonyl (C=O) groups excluding carboxylic acids is 2. The zero-order valence-corrected chi connectivity index (χ0v) is 22.0. The summed E-state index contributed by atoms with van der Waals surface area (Å²) in [5.41, 5.74) is 2.70. The van der Waals surface area contributed by atoms with Crippen molar-refractivity contribution in [1.82, 2.24) is 20.1 Å². The van der Waals surface area contributed by atoms with Crippen molar-refractivity contribution in [3.05, 3.63) is 104 Å². The first-order valence-electron chi connectivity index (χ1n) is 11.0. The quantitative estimate of drug-likeness (QED) is 0.163. The summed E-state index contributed by atoms with van der Waals surface area (Å²) < 4.78 is 2.66. The zero-order chi connectivity index (χ0) is 26.4. The number of halogens is 1. The van der Waals surface area contributed by atoms with Crippen molar-refractivity contribution in [1.29, 1.82) is 0 Å². The van der Waals surface area contributed by atoms with Crippen molar-refractivity contribution >= 4 is 50.9 Å². The van der Waals surface area contributed by atoms with Gasteiger partial charge in [-0.1, -0.05) is 39.8 Å². The van der Waals surface area contributed by atoms with E-state index in [4.69, 9.17) is 0 Å². The maximum absolute atomic E-state index is 12.6. The van der Waals surface area contributed by atoms with E-state index in [1.807, 2.05) is 55.5 Å². The number of non-ortho nitro benzene ring substituents is 1. The molecule has 0 radical (unpaired) electrons. The Morgan fingerprint density at radius 2 is 1.78 bits per heavy atom. The highest BCUT2D eigenvalue weighted by atomic mass is 79.9. The predicted octanol–water partition coefficient (Wildman–Crippen LogP) is 4.91. The van der Waals surface area contributed by atoms with E-state index in [2.05, 4.69) is 36.8 Å². The van der Waals surface area contributed by atoms with E-state index in [0.29, 0.717) is 11.0 Å². The average molecular weight is 581 g/mol. The molecule has 0 aliphatic heterocycles. The number of hydrogen-bond donors (Lipinski definition) is 2. The molecule has 12 heteroatoms. The van der Waals surface area contributed by atoms with Crippen LogP contribution in [0.4, 0.5) is 11.4 Å². The van der Waals surface area contributed by atoms with E-state index in [9.17, 15) is 19.7 Å². The molecule has 0 aliphatic rings. The summed E-state index contributed by atoms with van der Waals surface area (Å²) in [6, 6.07) is 20.3. The minimum Gasteiger partial charge on any atom is -0.345 e. The standard InChI is InChI=1S/C25H21BrN6O4S/c1-16-3-2-4-19(13-16)28-23(33)15-37-25-30-29-22(31(25)20-11-7-18(26)8-12-20)14-27-24(34)17-5-9-21(10-6-17)32(35)36/h2-13H,14-15H2,1H3,(H,27,34)(H,28,33). The number of nitro groups is 1. The second kappa shape index (κ2) is 11.8. The van der Waals surface area contributed by atoms with E-state index >= 15 is 0 Å². The molecule has 0 saturated carbocycles. The van der Waals surface area contributed by atoms with Gasteiger partial charge in [-0.15, -0.1) is 10.2 Å². The molecule has 0 bridgehead atoms. The SMILES string of the molecule is Cc1cccc(NC(=O)CSc2nnc(CNC(=O)c3ccc([N+](=O)[O-])cc3)n2-c2ccc(Br)cc2)c1. The molecule has 0 atom stereocenters. The molecule has 3 aromatic carbocycles. The first-order chi connectivity index (χ1) is 17.8. The lowest BCUT2D eigenvalue weighted by Crippen LogP contribution is -2.24. The van der Waals surface area contributed by atoms with Gasteiger partial charge >= 0.3 is 0 Å². The number of aromatic nitrogens is 3. The van der Waals surface area contributed by atoms with E-state index in [1.165, 1.54) is 36.0 Å². The Labute approximate surface area is 224 Å². The van der Waals surface area contributed by atoms with Crippen LogP contribution in [0, 0.1) is 17.0 Å². The maximum Gasteiger partial charge on any atom is 0.269 e. The van der Waals surface area contributed by atoms with Gasteiger partial charge in [0.1, 0.15) is 0 Å². The molecule has 4 rings (SSSR count). The van der Waals surface area contributed by atoms with Crippen LogP contribution in [-0.2, 0) is 11.3 Å². The van der Waals surface area contributed by atoms with Crippen molar-refractivity contribution in [3.63, 3.8) is 0 Å². The minimum atomic E-state index is -0.525. The number of amides is 2. The number of nitrogens with zero attached hydrogens (tertiary/aromatic N) is 4. The molecule has 0 unspecified atom stereocenters. The Bertz CT molecular complexity index is 1440. The number of nitro benzene ring substituents is 1. The van der Waals surface area contributed by atoms with Crippen LogP contribution in [0.2, 0.25) is 0 Å². The first-order valence-corrected chi connectivity index (χ1v) is 12.8. The van der Waals surface area contributed by atoms with Crippen LogP contribution in [0.25, 0.3) is 5.69 Å². The molecular formula is C25H21BrN6O4S. The van der Waals surface area contributed by atoms with Crippen LogP contribution >= 0.6 is 27.7 Å². The Morgan fingerprint density at radius 3 is 2.46 bits per heavy atom. The summed E-state index contributed by atoms with van der Waals surface area (Å²) in [5.74, 6) is -0.0299. The highest BCUT2D eigenvalue weighted by Crippen LogP contribution is 2.24. The van der Waals surface area contributed by atoms with Crippen molar-refractivity contribution in [2.24, 2.45) is 0 Å². The number of aryl methyl sites for hydroxylation is 1. The van der Waals surface area contributed by atoms with Crippen LogP contribution in [0.5, 0.6) is 0 Å². The van der Waals surface area contributed by atoms with Gasteiger partial charge in [-0.2, -0.15) is 0 Å². The fourth-order valence-corrected chi connectivity index (χ4v) is 4.44. The normalized spacial score (nSPS) is 10.6. The molecule has 0 spiro atoms. The molecule has 2 N–H and O–H groups in total. The van der Waals surface area contributed by atoms with Gasteiger partial charge in [0.25, 0.3) is 11.6 Å². The lowest BCUT2D eigenvalue weighted by atomic mass is 10.2. The van der Waals surface area contributed by atoms with E-state index < -0.39 is 10.8 Å². The number of rotatable bonds is 9. The summed E-state index contributed by atoms with van der Waals surface area (Å²) >= 11 is 4.65. The molecule has 0 fully saturated rings. The second-order valence-electron chi connectivity index (χ2n) is 7.90. The Hall–Kier alpha value is -4.03. The Kier molecular flexibility index (Phi) is 8.31. The minimum absolute atomic E-state index is 0.0505. The van der Waals surface area contributed by atoms with Crippen LogP contribution in [-0.4, -0.2) is 37.3 Å². The fourth-order valence-electron chi connectivity index (χ4n) is 3.40. The van der Waals surface area contributed by atoms with Crippen LogP contribution in [0.1, 0.15) is 21.7 Å². The van der Waals surface area contributed by atoms with Gasteiger partial charge < -0.3 is 10.6 Å². The van der Waals surface area contributed by atoms with Gasteiger partial charge in [0.2, 0.25) is 5.91 Å². The summed E-state index contributed by atoms with van der Waals surface area (Å²) in [4.78, 5) is 35.5. The molecule has 1 aromatic heterocycles. The molecule has 4 aromatic rings. The largest absolute Gasteiger partial charge is 0.345 e. The summed E-state index contributed by atoms with van der Waals surface area (Å²) in [7, 11) is 0. The molecule has 10 nitrogen and oxygen atoms in total. The lowest BCUT2D eigenvalue weighted by molar-refractivity contribution is -0.384. The van der Waals surface area contributed by atoms with E-state index in [-0.39, 0.29) is 29.5 Å². The number of hydrogen-bond acceptors (Lipinski definition) is 7. The Balaban J connectivity index is 1.49. The van der Waals surface area contributed by atoms with Crippen LogP contribution in [0.15, 0.2) is 82.4 Å². The second-order valence-corrected chi connectivity index (χ2v) is 9.76. The first kappa shape index (κ1) is 26.0. The third kappa shape index (κ3) is 6.80. The number of anilines is 1. The number of benzene rings is 3. The number of thioether (sulfide) groups is 1. The molecule has 0 aliphatic carbocycles. The van der Waals surface area contributed by atoms with Gasteiger partial charge in [-0.25, -0.2) is 0 Å². The summed E-state index contributed by atoms with van der Waals surface area (Å²) in [6.07, 6.45) is 0. The van der Waals surface area contributed by atoms with Crippen LogP contribution in [0.3, 0.4) is 0 Å². The van der Waals surface area contributed by atoms with Gasteiger partial charge in [-0.05, 0) is 61.0 Å². The number of carbonyl (C=O) groups is 2. The highest BCUT2D eigenvalue weighted by Gasteiger charge is 2.18. The van der Waals surface area contributed by atoms with E-state index in [0.717, 1.165) is 21.4 Å². The molecule has 0 saturated heterocycles. The average Bonchev–Trinajstić information content (AvgIpc) is 3.29. The smallest absolute Gasteiger partial charge is 0.269 e. The summed E-state index contributed by atoms with van der Waals surface area (Å²) in [5, 5.41) is 25.5. The van der Waals surface area contributed by atoms with Crippen molar-refractivity contribution in [3.8, 4) is 5.69 Å². The monoisotopic (exact) mass is 580 g/mol. The fraction of sp³-hybridized carbons (Fsp3) is 0.120. The summed E-state index contributed by atoms with van der Waals surface area (Å²) in [6.45, 7) is 2.00. The van der Waals surface area contributed by atoms with Gasteiger partial charge in [0.05, 0.1) is 17.2 Å². The van der Waals surface area contributed by atoms with Gasteiger partial charge in [0.15, 0.2) is 11.0 Å².